The van der Waals surface area contributed by atoms with Crippen LogP contribution in [-0.4, -0.2) is 21.8 Å². The lowest BCUT2D eigenvalue weighted by atomic mass is 10.2. The highest BCUT2D eigenvalue weighted by Crippen LogP contribution is 2.19. The van der Waals surface area contributed by atoms with Crippen molar-refractivity contribution in [2.24, 2.45) is 0 Å². The number of aromatic nitrogens is 2. The van der Waals surface area contributed by atoms with E-state index in [1.54, 1.807) is 11.6 Å². The third kappa shape index (κ3) is 4.93. The van der Waals surface area contributed by atoms with Crippen molar-refractivity contribution in [3.8, 4) is 0 Å². The van der Waals surface area contributed by atoms with Crippen molar-refractivity contribution in [2.45, 2.75) is 19.8 Å². The number of benzene rings is 1. The monoisotopic (exact) mass is 390 g/mol. The van der Waals surface area contributed by atoms with E-state index in [0.29, 0.717) is 22.2 Å². The number of rotatable bonds is 6. The van der Waals surface area contributed by atoms with Crippen LogP contribution in [0.15, 0.2) is 35.8 Å². The summed E-state index contributed by atoms with van der Waals surface area (Å²) in [5.41, 5.74) is 1.07. The first kappa shape index (κ1) is 18.2. The quantitative estimate of drug-likeness (QED) is 0.669. The second-order valence-corrected chi connectivity index (χ2v) is 7.52. The maximum absolute atomic E-state index is 12.9. The first-order valence-electron chi connectivity index (χ1n) is 7.73. The average molecular weight is 390 g/mol. The van der Waals surface area contributed by atoms with E-state index in [1.807, 2.05) is 6.92 Å². The topological polar surface area (TPSA) is 84.0 Å². The molecule has 0 bridgehead atoms. The number of aryl methyl sites for hydroxylation is 2. The van der Waals surface area contributed by atoms with Crippen LogP contribution in [0.3, 0.4) is 0 Å². The number of carbonyl (C=O) groups is 2. The lowest BCUT2D eigenvalue weighted by molar-refractivity contribution is -0.116. The Labute approximate surface area is 157 Å². The summed E-state index contributed by atoms with van der Waals surface area (Å²) in [6.45, 7) is 1.92. The van der Waals surface area contributed by atoms with E-state index in [1.165, 1.54) is 46.9 Å². The van der Waals surface area contributed by atoms with Crippen molar-refractivity contribution >= 4 is 44.8 Å². The van der Waals surface area contributed by atoms with Crippen LogP contribution < -0.4 is 10.6 Å². The number of hydrogen-bond acceptors (Lipinski definition) is 6. The van der Waals surface area contributed by atoms with Gasteiger partial charge in [-0.05, 0) is 37.6 Å². The molecule has 0 atom stereocenters. The van der Waals surface area contributed by atoms with Crippen LogP contribution in [0, 0.1) is 12.7 Å². The smallest absolute Gasteiger partial charge is 0.257 e. The molecule has 2 aromatic heterocycles. The number of anilines is 2. The van der Waals surface area contributed by atoms with Crippen molar-refractivity contribution in [1.82, 2.24) is 9.97 Å². The summed E-state index contributed by atoms with van der Waals surface area (Å²) in [5.74, 6) is -0.892. The minimum Gasteiger partial charge on any atom is -0.302 e. The predicted octanol–water partition coefficient (Wildman–Crippen LogP) is 3.87. The van der Waals surface area contributed by atoms with Crippen LogP contribution in [0.2, 0.25) is 0 Å². The molecule has 6 nitrogen and oxygen atoms in total. The molecule has 3 aromatic rings. The number of carbonyl (C=O) groups excluding carboxylic acids is 2. The summed E-state index contributed by atoms with van der Waals surface area (Å²) in [7, 11) is 0. The highest BCUT2D eigenvalue weighted by molar-refractivity contribution is 7.15. The average Bonchev–Trinajstić information content (AvgIpc) is 3.22. The van der Waals surface area contributed by atoms with Gasteiger partial charge in [-0.15, -0.1) is 22.7 Å². The van der Waals surface area contributed by atoms with Crippen LogP contribution in [0.4, 0.5) is 14.7 Å². The summed E-state index contributed by atoms with van der Waals surface area (Å²) >= 11 is 2.70. The first-order valence-corrected chi connectivity index (χ1v) is 9.43. The zero-order valence-electron chi connectivity index (χ0n) is 13.8. The Hall–Kier alpha value is -2.65. The second kappa shape index (κ2) is 8.15. The number of halogens is 1. The molecule has 0 aliphatic rings. The fourth-order valence-corrected chi connectivity index (χ4v) is 3.51. The van der Waals surface area contributed by atoms with Gasteiger partial charge in [-0.3, -0.25) is 14.9 Å². The lowest BCUT2D eigenvalue weighted by Gasteiger charge is -2.01. The van der Waals surface area contributed by atoms with Crippen molar-refractivity contribution in [3.63, 3.8) is 0 Å². The summed E-state index contributed by atoms with van der Waals surface area (Å²) < 4.78 is 12.9. The van der Waals surface area contributed by atoms with Crippen LogP contribution in [0.1, 0.15) is 27.3 Å². The zero-order chi connectivity index (χ0) is 18.5. The van der Waals surface area contributed by atoms with E-state index in [4.69, 9.17) is 0 Å². The van der Waals surface area contributed by atoms with Gasteiger partial charge in [-0.2, -0.15) is 0 Å². The van der Waals surface area contributed by atoms with Crippen molar-refractivity contribution in [2.75, 3.05) is 10.6 Å². The normalized spacial score (nSPS) is 10.5. The zero-order valence-corrected chi connectivity index (χ0v) is 15.4. The molecular weight excluding hydrogens is 375 g/mol. The Bertz CT molecular complexity index is 921. The van der Waals surface area contributed by atoms with Crippen molar-refractivity contribution in [3.05, 3.63) is 57.8 Å². The van der Waals surface area contributed by atoms with Gasteiger partial charge in [0.15, 0.2) is 10.3 Å². The molecule has 0 aliphatic heterocycles. The molecule has 0 aliphatic carbocycles. The molecule has 3 rings (SSSR count). The lowest BCUT2D eigenvalue weighted by Crippen LogP contribution is -2.13. The van der Waals surface area contributed by atoms with Gasteiger partial charge in [0.05, 0.1) is 5.69 Å². The predicted molar refractivity (Wildman–Crippen MR) is 100 cm³/mol. The third-order valence-corrected chi connectivity index (χ3v) is 4.99. The van der Waals surface area contributed by atoms with Crippen LogP contribution in [0.5, 0.6) is 0 Å². The Balaban J connectivity index is 1.50. The van der Waals surface area contributed by atoms with Crippen LogP contribution in [-0.2, 0) is 11.2 Å². The fraction of sp³-hybridized carbons (Fsp3) is 0.176. The van der Waals surface area contributed by atoms with E-state index in [9.17, 15) is 14.0 Å². The summed E-state index contributed by atoms with van der Waals surface area (Å²) in [6, 6.07) is 5.27. The van der Waals surface area contributed by atoms with Gasteiger partial charge in [0.1, 0.15) is 5.82 Å². The maximum Gasteiger partial charge on any atom is 0.257 e. The molecule has 9 heteroatoms. The molecule has 2 heterocycles. The van der Waals surface area contributed by atoms with Crippen LogP contribution in [0.25, 0.3) is 0 Å². The minimum absolute atomic E-state index is 0.135. The highest BCUT2D eigenvalue weighted by atomic mass is 32.1. The summed E-state index contributed by atoms with van der Waals surface area (Å²) in [4.78, 5) is 33.4. The Morgan fingerprint density at radius 1 is 1.15 bits per heavy atom. The first-order chi connectivity index (χ1) is 12.5. The minimum atomic E-state index is -0.399. The molecule has 0 spiro atoms. The molecule has 0 radical (unpaired) electrons. The molecule has 0 saturated heterocycles. The molecule has 2 amide bonds. The van der Waals surface area contributed by atoms with Gasteiger partial charge < -0.3 is 5.32 Å². The maximum atomic E-state index is 12.9. The molecule has 0 fully saturated rings. The van der Waals surface area contributed by atoms with E-state index in [2.05, 4.69) is 20.6 Å². The van der Waals surface area contributed by atoms with Crippen LogP contribution >= 0.6 is 22.7 Å². The number of amides is 2. The second-order valence-electron chi connectivity index (χ2n) is 5.43. The van der Waals surface area contributed by atoms with Gasteiger partial charge >= 0.3 is 0 Å². The van der Waals surface area contributed by atoms with Gasteiger partial charge in [0.2, 0.25) is 5.91 Å². The van der Waals surface area contributed by atoms with Crippen molar-refractivity contribution < 1.29 is 14.0 Å². The highest BCUT2D eigenvalue weighted by Gasteiger charge is 2.11. The Morgan fingerprint density at radius 3 is 2.62 bits per heavy atom. The van der Waals surface area contributed by atoms with Gasteiger partial charge in [0.25, 0.3) is 5.91 Å². The van der Waals surface area contributed by atoms with E-state index in [-0.39, 0.29) is 18.2 Å². The molecule has 134 valence electrons. The SMILES string of the molecule is Cc1cnc(NC(=O)CCc2csc(NC(=O)c3ccc(F)cc3)n2)s1. The molecule has 26 heavy (non-hydrogen) atoms. The third-order valence-electron chi connectivity index (χ3n) is 3.35. The van der Waals surface area contributed by atoms with Gasteiger partial charge in [-0.25, -0.2) is 14.4 Å². The van der Waals surface area contributed by atoms with Gasteiger partial charge in [-0.1, -0.05) is 0 Å². The Kier molecular flexibility index (Phi) is 5.69. The van der Waals surface area contributed by atoms with Gasteiger partial charge in [0, 0.05) is 28.4 Å². The molecule has 0 unspecified atom stereocenters. The van der Waals surface area contributed by atoms with E-state index >= 15 is 0 Å². The van der Waals surface area contributed by atoms with E-state index < -0.39 is 5.82 Å². The molecule has 0 saturated carbocycles. The number of nitrogens with zero attached hydrogens (tertiary/aromatic N) is 2. The molecule has 1 aromatic carbocycles. The molecular formula is C17H15FN4O2S2. The number of thiazole rings is 2. The Morgan fingerprint density at radius 2 is 1.92 bits per heavy atom. The molecule has 2 N–H and O–H groups in total. The summed E-state index contributed by atoms with van der Waals surface area (Å²) in [5, 5.41) is 8.22. The number of nitrogens with one attached hydrogen (secondary N) is 2. The largest absolute Gasteiger partial charge is 0.302 e. The van der Waals surface area contributed by atoms with Crippen molar-refractivity contribution in [1.29, 1.82) is 0 Å². The summed E-state index contributed by atoms with van der Waals surface area (Å²) in [6.07, 6.45) is 2.43. The fourth-order valence-electron chi connectivity index (χ4n) is 2.09. The standard InChI is InChI=1S/C17H15FN4O2S2/c1-10-8-19-16(26-10)21-14(23)7-6-13-9-25-17(20-13)22-15(24)11-2-4-12(18)5-3-11/h2-5,8-9H,6-7H2,1H3,(H,19,21,23)(H,20,22,24). The van der Waals surface area contributed by atoms with E-state index in [0.717, 1.165) is 10.6 Å². The number of hydrogen-bond donors (Lipinski definition) is 2.